The molecule has 0 spiro atoms. The molecular weight excluding hydrogens is 433 g/mol. The van der Waals surface area contributed by atoms with Crippen molar-refractivity contribution >= 4 is 22.4 Å². The number of nitrogens with one attached hydrogen (secondary N) is 1. The number of aromatic nitrogens is 4. The van der Waals surface area contributed by atoms with Crippen LogP contribution < -0.4 is 4.74 Å². The first-order valence-corrected chi connectivity index (χ1v) is 9.77. The van der Waals surface area contributed by atoms with Crippen LogP contribution in [0.3, 0.4) is 0 Å². The molecule has 0 atom stereocenters. The third-order valence-corrected chi connectivity index (χ3v) is 5.14. The topological polar surface area (TPSA) is 76.0 Å². The first kappa shape index (κ1) is 21.0. The molecule has 0 unspecified atom stereocenters. The number of ether oxygens (including phenoxy) is 1. The number of aromatic amines is 1. The Balaban J connectivity index is 1.79. The molecule has 0 bridgehead atoms. The zero-order valence-corrected chi connectivity index (χ0v) is 17.6. The molecule has 0 aliphatic carbocycles. The van der Waals surface area contributed by atoms with E-state index < -0.39 is 28.8 Å². The molecule has 6 nitrogen and oxygen atoms in total. The summed E-state index contributed by atoms with van der Waals surface area (Å²) in [5, 5.41) is 18.8. The predicted molar refractivity (Wildman–Crippen MR) is 110 cm³/mol. The highest BCUT2D eigenvalue weighted by Crippen LogP contribution is 2.35. The summed E-state index contributed by atoms with van der Waals surface area (Å²) in [6.45, 7) is 5.29. The zero-order valence-electron chi connectivity index (χ0n) is 16.8. The second-order valence-corrected chi connectivity index (χ2v) is 7.90. The Hall–Kier alpha value is -3.20. The summed E-state index contributed by atoms with van der Waals surface area (Å²) in [7, 11) is 0. The molecule has 162 valence electrons. The Bertz CT molecular complexity index is 1280. The van der Waals surface area contributed by atoms with Crippen molar-refractivity contribution in [3.05, 3.63) is 58.8 Å². The van der Waals surface area contributed by atoms with Crippen LogP contribution in [0.2, 0.25) is 5.02 Å². The van der Waals surface area contributed by atoms with Crippen LogP contribution in [0.25, 0.3) is 22.2 Å². The summed E-state index contributed by atoms with van der Waals surface area (Å²) in [6.07, 6.45) is 1.54. The molecule has 0 aliphatic rings. The number of H-pyrrole nitrogens is 1. The second kappa shape index (κ2) is 7.49. The van der Waals surface area contributed by atoms with Crippen LogP contribution in [0.1, 0.15) is 26.6 Å². The minimum atomic E-state index is -1.32. The van der Waals surface area contributed by atoms with Crippen molar-refractivity contribution in [2.45, 2.75) is 32.9 Å². The Morgan fingerprint density at radius 3 is 2.42 bits per heavy atom. The SMILES string of the molecule is CCn1c(-c2cc3c[nH]c(O)c3cc2F)nnc1C(C)(C)Oc1c(F)cc(Cl)cc1F. The van der Waals surface area contributed by atoms with Gasteiger partial charge in [0.15, 0.2) is 40.5 Å². The van der Waals surface area contributed by atoms with Gasteiger partial charge in [-0.15, -0.1) is 10.2 Å². The molecule has 0 saturated heterocycles. The van der Waals surface area contributed by atoms with Crippen LogP contribution in [0.4, 0.5) is 13.2 Å². The van der Waals surface area contributed by atoms with Gasteiger partial charge >= 0.3 is 0 Å². The van der Waals surface area contributed by atoms with E-state index in [1.807, 2.05) is 0 Å². The molecule has 2 aromatic carbocycles. The lowest BCUT2D eigenvalue weighted by Gasteiger charge is -2.26. The maximum Gasteiger partial charge on any atom is 0.196 e. The zero-order chi connectivity index (χ0) is 22.5. The summed E-state index contributed by atoms with van der Waals surface area (Å²) in [4.78, 5) is 2.63. The van der Waals surface area contributed by atoms with Crippen LogP contribution >= 0.6 is 11.6 Å². The van der Waals surface area contributed by atoms with Crippen molar-refractivity contribution in [1.29, 1.82) is 0 Å². The Kier molecular flexibility index (Phi) is 5.09. The molecule has 0 radical (unpaired) electrons. The van der Waals surface area contributed by atoms with Crippen molar-refractivity contribution in [1.82, 2.24) is 19.7 Å². The van der Waals surface area contributed by atoms with Crippen molar-refractivity contribution < 1.29 is 23.0 Å². The van der Waals surface area contributed by atoms with Gasteiger partial charge in [0.25, 0.3) is 0 Å². The number of benzene rings is 2. The van der Waals surface area contributed by atoms with E-state index in [0.717, 1.165) is 12.1 Å². The van der Waals surface area contributed by atoms with Crippen LogP contribution in [0.5, 0.6) is 11.6 Å². The summed E-state index contributed by atoms with van der Waals surface area (Å²) in [6, 6.07) is 4.63. The molecular formula is C21H18ClF3N4O2. The van der Waals surface area contributed by atoms with Gasteiger partial charge in [0.2, 0.25) is 0 Å². The number of halogens is 4. The number of fused-ring (bicyclic) bond motifs is 1. The minimum Gasteiger partial charge on any atom is -0.494 e. The van der Waals surface area contributed by atoms with Crippen molar-refractivity contribution in [3.63, 3.8) is 0 Å². The Morgan fingerprint density at radius 2 is 1.77 bits per heavy atom. The van der Waals surface area contributed by atoms with Gasteiger partial charge in [-0.3, -0.25) is 0 Å². The maximum absolute atomic E-state index is 14.8. The molecule has 0 fully saturated rings. The first-order chi connectivity index (χ1) is 14.6. The fraction of sp³-hybridized carbons (Fsp3) is 0.238. The number of hydrogen-bond acceptors (Lipinski definition) is 4. The van der Waals surface area contributed by atoms with Gasteiger partial charge in [-0.25, -0.2) is 13.2 Å². The lowest BCUT2D eigenvalue weighted by molar-refractivity contribution is 0.0827. The van der Waals surface area contributed by atoms with Crippen LogP contribution in [0, 0.1) is 17.5 Å². The van der Waals surface area contributed by atoms with Gasteiger partial charge in [0.1, 0.15) is 5.82 Å². The highest BCUT2D eigenvalue weighted by atomic mass is 35.5. The fourth-order valence-corrected chi connectivity index (χ4v) is 3.68. The smallest absolute Gasteiger partial charge is 0.196 e. The van der Waals surface area contributed by atoms with Crippen molar-refractivity contribution in [2.24, 2.45) is 0 Å². The van der Waals surface area contributed by atoms with Crippen molar-refractivity contribution in [3.8, 4) is 23.0 Å². The fourth-order valence-electron chi connectivity index (χ4n) is 3.48. The van der Waals surface area contributed by atoms with Crippen LogP contribution in [-0.4, -0.2) is 24.9 Å². The lowest BCUT2D eigenvalue weighted by atomic mass is 10.1. The van der Waals surface area contributed by atoms with Gasteiger partial charge in [-0.1, -0.05) is 11.6 Å². The molecule has 31 heavy (non-hydrogen) atoms. The van der Waals surface area contributed by atoms with Gasteiger partial charge in [-0.05, 0) is 45.0 Å². The van der Waals surface area contributed by atoms with E-state index in [1.54, 1.807) is 31.5 Å². The number of aromatic hydroxyl groups is 1. The van der Waals surface area contributed by atoms with E-state index in [0.29, 0.717) is 17.3 Å². The molecule has 4 aromatic rings. The monoisotopic (exact) mass is 450 g/mol. The van der Waals surface area contributed by atoms with Crippen LogP contribution in [-0.2, 0) is 12.1 Å². The summed E-state index contributed by atoms with van der Waals surface area (Å²) < 4.78 is 50.6. The second-order valence-electron chi connectivity index (χ2n) is 7.46. The lowest BCUT2D eigenvalue weighted by Crippen LogP contribution is -2.30. The number of nitrogens with zero attached hydrogens (tertiary/aromatic N) is 3. The summed E-state index contributed by atoms with van der Waals surface area (Å²) in [5.41, 5.74) is -1.16. The molecule has 4 rings (SSSR count). The van der Waals surface area contributed by atoms with E-state index in [4.69, 9.17) is 16.3 Å². The number of hydrogen-bond donors (Lipinski definition) is 2. The first-order valence-electron chi connectivity index (χ1n) is 9.39. The molecule has 2 aromatic heterocycles. The third kappa shape index (κ3) is 3.59. The minimum absolute atomic E-state index is 0.0965. The third-order valence-electron chi connectivity index (χ3n) is 4.93. The summed E-state index contributed by atoms with van der Waals surface area (Å²) in [5.74, 6) is -2.79. The van der Waals surface area contributed by atoms with Gasteiger partial charge in [0, 0.05) is 28.5 Å². The molecule has 0 aliphatic heterocycles. The average Bonchev–Trinajstić information content (AvgIpc) is 3.28. The van der Waals surface area contributed by atoms with Gasteiger partial charge in [0.05, 0.1) is 5.56 Å². The summed E-state index contributed by atoms with van der Waals surface area (Å²) >= 11 is 5.67. The van der Waals surface area contributed by atoms with E-state index in [2.05, 4.69) is 15.2 Å². The van der Waals surface area contributed by atoms with E-state index >= 15 is 0 Å². The quantitative estimate of drug-likeness (QED) is 0.419. The van der Waals surface area contributed by atoms with Crippen LogP contribution in [0.15, 0.2) is 30.5 Å². The molecule has 0 amide bonds. The highest BCUT2D eigenvalue weighted by molar-refractivity contribution is 6.30. The predicted octanol–water partition coefficient (Wildman–Crippen LogP) is 5.54. The molecule has 2 heterocycles. The Labute approximate surface area is 180 Å². The standard InChI is InChI=1S/C21H18ClF3N4O2/c1-4-29-18(13-5-10-9-26-19(30)12(10)8-14(13)23)27-28-20(29)21(2,3)31-17-15(24)6-11(22)7-16(17)25/h5-9,26,30H,4H2,1-3H3. The molecule has 2 N–H and O–H groups in total. The highest BCUT2D eigenvalue weighted by Gasteiger charge is 2.33. The van der Waals surface area contributed by atoms with E-state index in [1.165, 1.54) is 12.1 Å². The molecule has 10 heteroatoms. The van der Waals surface area contributed by atoms with Crippen molar-refractivity contribution in [2.75, 3.05) is 0 Å². The van der Waals surface area contributed by atoms with Gasteiger partial charge in [-0.2, -0.15) is 0 Å². The Morgan fingerprint density at radius 1 is 1.10 bits per heavy atom. The maximum atomic E-state index is 14.8. The van der Waals surface area contributed by atoms with E-state index in [-0.39, 0.29) is 28.1 Å². The molecule has 0 saturated carbocycles. The van der Waals surface area contributed by atoms with Gasteiger partial charge < -0.3 is 19.4 Å². The average molecular weight is 451 g/mol. The number of rotatable bonds is 5. The normalized spacial score (nSPS) is 12.0. The largest absolute Gasteiger partial charge is 0.494 e. The van der Waals surface area contributed by atoms with E-state index in [9.17, 15) is 18.3 Å².